The molecule has 0 atom stereocenters. The number of hydrogen-bond acceptors (Lipinski definition) is 3. The number of carboxylic acids is 1. The number of benzene rings is 1. The fourth-order valence-electron chi connectivity index (χ4n) is 2.16. The first-order chi connectivity index (χ1) is 9.97. The third-order valence-electron chi connectivity index (χ3n) is 3.44. The molecule has 1 aromatic carbocycles. The molecule has 3 rings (SSSR count). The van der Waals surface area contributed by atoms with E-state index in [1.807, 2.05) is 26.0 Å². The number of aryl methyl sites for hydroxylation is 2. The van der Waals surface area contributed by atoms with Gasteiger partial charge in [0.15, 0.2) is 5.69 Å². The van der Waals surface area contributed by atoms with Crippen molar-refractivity contribution in [3.05, 3.63) is 52.4 Å². The number of aromatic carboxylic acids is 1. The van der Waals surface area contributed by atoms with Crippen molar-refractivity contribution in [2.24, 2.45) is 0 Å². The molecule has 0 unspecified atom stereocenters. The van der Waals surface area contributed by atoms with Gasteiger partial charge in [0, 0.05) is 0 Å². The van der Waals surface area contributed by atoms with Crippen molar-refractivity contribution in [3.8, 4) is 5.82 Å². The second kappa shape index (κ2) is 4.86. The van der Waals surface area contributed by atoms with Crippen LogP contribution in [0.1, 0.15) is 21.6 Å². The minimum absolute atomic E-state index is 0.114. The van der Waals surface area contributed by atoms with E-state index in [1.54, 1.807) is 17.0 Å². The number of hydrogen-bond donors (Lipinski definition) is 1. The lowest BCUT2D eigenvalue weighted by molar-refractivity contribution is 0.0690. The second-order valence-corrected chi connectivity index (χ2v) is 5.25. The zero-order chi connectivity index (χ0) is 15.1. The molecule has 5 nitrogen and oxygen atoms in total. The topological polar surface area (TPSA) is 68.0 Å². The molecule has 2 aromatic heterocycles. The van der Waals surface area contributed by atoms with Crippen molar-refractivity contribution in [2.45, 2.75) is 13.8 Å². The summed E-state index contributed by atoms with van der Waals surface area (Å²) in [5.41, 5.74) is 3.84. The summed E-state index contributed by atoms with van der Waals surface area (Å²) in [4.78, 5) is 19.6. The Bertz CT molecular complexity index is 871. The number of carboxylic acid groups (broad SMARTS) is 1. The fourth-order valence-corrected chi connectivity index (χ4v) is 2.35. The summed E-state index contributed by atoms with van der Waals surface area (Å²) in [6.07, 6.45) is 1.63. The maximum atomic E-state index is 11.1. The molecule has 106 valence electrons. The van der Waals surface area contributed by atoms with Crippen molar-refractivity contribution in [1.82, 2.24) is 14.5 Å². The number of aromatic nitrogens is 3. The van der Waals surface area contributed by atoms with Gasteiger partial charge in [-0.2, -0.15) is 0 Å². The van der Waals surface area contributed by atoms with Gasteiger partial charge in [-0.05, 0) is 49.2 Å². The third-order valence-corrected chi connectivity index (χ3v) is 3.75. The van der Waals surface area contributed by atoms with Gasteiger partial charge in [-0.25, -0.2) is 14.8 Å². The van der Waals surface area contributed by atoms with Crippen molar-refractivity contribution >= 4 is 28.6 Å². The van der Waals surface area contributed by atoms with E-state index in [0.717, 1.165) is 22.2 Å². The van der Waals surface area contributed by atoms with Crippen LogP contribution in [-0.4, -0.2) is 25.6 Å². The first kappa shape index (κ1) is 13.6. The Morgan fingerprint density at radius 2 is 1.95 bits per heavy atom. The number of rotatable bonds is 2. The van der Waals surface area contributed by atoms with E-state index >= 15 is 0 Å². The second-order valence-electron chi connectivity index (χ2n) is 4.84. The molecule has 0 bridgehead atoms. The standard InChI is InChI=1S/C15H12ClN3O2/c1-8-5-11-12(6-9(8)2)19(7-17-11)13-4-3-10(16)14(18-13)15(20)21/h3-7H,1-2H3,(H,20,21). The summed E-state index contributed by atoms with van der Waals surface area (Å²) in [7, 11) is 0. The van der Waals surface area contributed by atoms with Gasteiger partial charge in [0.1, 0.15) is 12.1 Å². The third kappa shape index (κ3) is 2.25. The lowest BCUT2D eigenvalue weighted by atomic mass is 10.1. The van der Waals surface area contributed by atoms with Gasteiger partial charge in [-0.15, -0.1) is 0 Å². The van der Waals surface area contributed by atoms with E-state index in [-0.39, 0.29) is 10.7 Å². The Morgan fingerprint density at radius 1 is 1.24 bits per heavy atom. The predicted octanol–water partition coefficient (Wildman–Crippen LogP) is 3.39. The minimum atomic E-state index is -1.15. The summed E-state index contributed by atoms with van der Waals surface area (Å²) in [6, 6.07) is 7.20. The average Bonchev–Trinajstić information content (AvgIpc) is 2.82. The van der Waals surface area contributed by atoms with Crippen LogP contribution in [-0.2, 0) is 0 Å². The number of carbonyl (C=O) groups is 1. The van der Waals surface area contributed by atoms with Crippen molar-refractivity contribution in [2.75, 3.05) is 0 Å². The van der Waals surface area contributed by atoms with E-state index in [9.17, 15) is 4.79 Å². The van der Waals surface area contributed by atoms with E-state index in [0.29, 0.717) is 5.82 Å². The number of nitrogens with zero attached hydrogens (tertiary/aromatic N) is 3. The number of imidazole rings is 1. The molecular formula is C15H12ClN3O2. The predicted molar refractivity (Wildman–Crippen MR) is 80.3 cm³/mol. The Balaban J connectivity index is 2.23. The molecule has 0 amide bonds. The molecule has 0 aliphatic heterocycles. The molecular weight excluding hydrogens is 290 g/mol. The number of halogens is 1. The van der Waals surface area contributed by atoms with Crippen molar-refractivity contribution in [3.63, 3.8) is 0 Å². The van der Waals surface area contributed by atoms with Gasteiger partial charge < -0.3 is 5.11 Å². The maximum absolute atomic E-state index is 11.1. The van der Waals surface area contributed by atoms with Gasteiger partial charge in [0.25, 0.3) is 0 Å². The lowest BCUT2D eigenvalue weighted by Crippen LogP contribution is -2.05. The first-order valence-corrected chi connectivity index (χ1v) is 6.69. The quantitative estimate of drug-likeness (QED) is 0.788. The van der Waals surface area contributed by atoms with Gasteiger partial charge in [0.05, 0.1) is 16.1 Å². The molecule has 0 fully saturated rings. The summed E-state index contributed by atoms with van der Waals surface area (Å²) in [5, 5.41) is 9.22. The molecule has 1 N–H and O–H groups in total. The van der Waals surface area contributed by atoms with Gasteiger partial charge in [-0.1, -0.05) is 11.6 Å². The summed E-state index contributed by atoms with van der Waals surface area (Å²) in [6.45, 7) is 4.04. The van der Waals surface area contributed by atoms with Crippen LogP contribution in [0.15, 0.2) is 30.6 Å². The fraction of sp³-hybridized carbons (Fsp3) is 0.133. The van der Waals surface area contributed by atoms with E-state index < -0.39 is 5.97 Å². The van der Waals surface area contributed by atoms with E-state index in [2.05, 4.69) is 9.97 Å². The summed E-state index contributed by atoms with van der Waals surface area (Å²) < 4.78 is 1.75. The molecule has 0 aliphatic carbocycles. The smallest absolute Gasteiger partial charge is 0.356 e. The largest absolute Gasteiger partial charge is 0.476 e. The van der Waals surface area contributed by atoms with E-state index in [1.165, 1.54) is 6.07 Å². The van der Waals surface area contributed by atoms with Crippen LogP contribution in [0.3, 0.4) is 0 Å². The first-order valence-electron chi connectivity index (χ1n) is 6.32. The zero-order valence-corrected chi connectivity index (χ0v) is 12.2. The Labute approximate surface area is 125 Å². The van der Waals surface area contributed by atoms with Crippen LogP contribution in [0.2, 0.25) is 5.02 Å². The highest BCUT2D eigenvalue weighted by atomic mass is 35.5. The molecule has 2 heterocycles. The maximum Gasteiger partial charge on any atom is 0.356 e. The van der Waals surface area contributed by atoms with Crippen molar-refractivity contribution < 1.29 is 9.90 Å². The van der Waals surface area contributed by atoms with Crippen LogP contribution in [0, 0.1) is 13.8 Å². The molecule has 0 aliphatic rings. The van der Waals surface area contributed by atoms with Gasteiger partial charge >= 0.3 is 5.97 Å². The van der Waals surface area contributed by atoms with Crippen LogP contribution in [0.4, 0.5) is 0 Å². The molecule has 21 heavy (non-hydrogen) atoms. The average molecular weight is 302 g/mol. The number of fused-ring (bicyclic) bond motifs is 1. The van der Waals surface area contributed by atoms with Gasteiger partial charge in [-0.3, -0.25) is 4.57 Å². The van der Waals surface area contributed by atoms with Crippen molar-refractivity contribution in [1.29, 1.82) is 0 Å². The molecule has 0 saturated carbocycles. The van der Waals surface area contributed by atoms with Gasteiger partial charge in [0.2, 0.25) is 0 Å². The van der Waals surface area contributed by atoms with Crippen LogP contribution in [0.5, 0.6) is 0 Å². The normalized spacial score (nSPS) is 11.0. The lowest BCUT2D eigenvalue weighted by Gasteiger charge is -2.07. The highest BCUT2D eigenvalue weighted by Gasteiger charge is 2.14. The minimum Gasteiger partial charge on any atom is -0.476 e. The van der Waals surface area contributed by atoms with Crippen LogP contribution in [0.25, 0.3) is 16.9 Å². The SMILES string of the molecule is Cc1cc2ncn(-c3ccc(Cl)c(C(=O)O)n3)c2cc1C. The monoisotopic (exact) mass is 301 g/mol. The zero-order valence-electron chi connectivity index (χ0n) is 11.5. The number of pyridine rings is 1. The van der Waals surface area contributed by atoms with Crippen LogP contribution < -0.4 is 0 Å². The Kier molecular flexibility index (Phi) is 3.14. The Morgan fingerprint density at radius 3 is 2.67 bits per heavy atom. The molecule has 0 spiro atoms. The molecule has 6 heteroatoms. The summed E-state index contributed by atoms with van der Waals surface area (Å²) in [5.74, 6) is -0.680. The molecule has 0 radical (unpaired) electrons. The highest BCUT2D eigenvalue weighted by molar-refractivity contribution is 6.33. The van der Waals surface area contributed by atoms with E-state index in [4.69, 9.17) is 16.7 Å². The Hall–Kier alpha value is -2.40. The molecule has 3 aromatic rings. The molecule has 0 saturated heterocycles. The highest BCUT2D eigenvalue weighted by Crippen LogP contribution is 2.23. The summed E-state index contributed by atoms with van der Waals surface area (Å²) >= 11 is 5.85. The van der Waals surface area contributed by atoms with Crippen LogP contribution >= 0.6 is 11.6 Å².